The molecule has 2 fully saturated rings. The van der Waals surface area contributed by atoms with E-state index in [2.05, 4.69) is 22.9 Å². The van der Waals surface area contributed by atoms with Crippen molar-refractivity contribution in [3.8, 4) is 0 Å². The number of thiocarbonyl (C=S) groups is 1. The number of carbonyl (C=O) groups excluding carboxylic acids is 2. The Morgan fingerprint density at radius 1 is 1.18 bits per heavy atom. The lowest BCUT2D eigenvalue weighted by molar-refractivity contribution is -0.124. The van der Waals surface area contributed by atoms with Crippen LogP contribution in [0.4, 0.5) is 5.69 Å². The molecule has 3 aliphatic rings. The maximum atomic E-state index is 13.3. The van der Waals surface area contributed by atoms with Crippen LogP contribution in [0.2, 0.25) is 0 Å². The molecule has 0 aromatic heterocycles. The summed E-state index contributed by atoms with van der Waals surface area (Å²) in [5.41, 5.74) is 2.24. The topological polar surface area (TPSA) is 40.6 Å². The lowest BCUT2D eigenvalue weighted by Crippen LogP contribution is -2.40. The average Bonchev–Trinajstić information content (AvgIpc) is 3.12. The number of anilines is 1. The summed E-state index contributed by atoms with van der Waals surface area (Å²) in [6.45, 7) is 2.77. The van der Waals surface area contributed by atoms with E-state index in [4.69, 9.17) is 12.2 Å². The van der Waals surface area contributed by atoms with E-state index in [1.54, 1.807) is 4.90 Å². The Morgan fingerprint density at radius 3 is 2.64 bits per heavy atom. The molecule has 1 aliphatic carbocycles. The molecule has 0 N–H and O–H groups in total. The van der Waals surface area contributed by atoms with Crippen molar-refractivity contribution in [2.45, 2.75) is 57.9 Å². The molecule has 2 heterocycles. The van der Waals surface area contributed by atoms with Gasteiger partial charge in [-0.05, 0) is 37.5 Å². The van der Waals surface area contributed by atoms with Crippen LogP contribution in [0.3, 0.4) is 0 Å². The van der Waals surface area contributed by atoms with E-state index in [0.717, 1.165) is 54.2 Å². The molecule has 2 amide bonds. The van der Waals surface area contributed by atoms with E-state index in [9.17, 15) is 9.59 Å². The Kier molecular flexibility index (Phi) is 5.95. The van der Waals surface area contributed by atoms with Crippen LogP contribution in [0.25, 0.3) is 5.57 Å². The summed E-state index contributed by atoms with van der Waals surface area (Å²) in [5, 5.41) is 0. The van der Waals surface area contributed by atoms with Crippen molar-refractivity contribution >= 4 is 67.3 Å². The van der Waals surface area contributed by atoms with Gasteiger partial charge < -0.3 is 4.90 Å². The second kappa shape index (κ2) is 8.28. The third-order valence-corrected chi connectivity index (χ3v) is 7.57. The highest BCUT2D eigenvalue weighted by Crippen LogP contribution is 2.46. The lowest BCUT2D eigenvalue weighted by Gasteiger charge is -2.29. The number of halogens is 1. The monoisotopic (exact) mass is 478 g/mol. The zero-order valence-electron chi connectivity index (χ0n) is 15.9. The van der Waals surface area contributed by atoms with E-state index in [0.29, 0.717) is 21.3 Å². The predicted octanol–water partition coefficient (Wildman–Crippen LogP) is 5.50. The number of amides is 2. The zero-order chi connectivity index (χ0) is 19.8. The summed E-state index contributed by atoms with van der Waals surface area (Å²) in [4.78, 5) is 30.8. The van der Waals surface area contributed by atoms with Gasteiger partial charge in [-0.25, -0.2) is 0 Å². The number of thioether (sulfide) groups is 1. The Labute approximate surface area is 183 Å². The molecule has 7 heteroatoms. The molecule has 0 atom stereocenters. The number of benzene rings is 1. The number of unbranched alkanes of at least 4 members (excludes halogenated alkanes) is 1. The summed E-state index contributed by atoms with van der Waals surface area (Å²) in [6, 6.07) is 6.03. The predicted molar refractivity (Wildman–Crippen MR) is 122 cm³/mol. The van der Waals surface area contributed by atoms with Crippen LogP contribution in [0, 0.1) is 0 Å². The zero-order valence-corrected chi connectivity index (χ0v) is 19.1. The molecule has 28 heavy (non-hydrogen) atoms. The molecule has 0 radical (unpaired) electrons. The van der Waals surface area contributed by atoms with Gasteiger partial charge in [-0.1, -0.05) is 72.5 Å². The van der Waals surface area contributed by atoms with Gasteiger partial charge in [0, 0.05) is 22.6 Å². The Morgan fingerprint density at radius 2 is 1.93 bits per heavy atom. The number of fused-ring (bicyclic) bond motifs is 1. The van der Waals surface area contributed by atoms with Gasteiger partial charge in [-0.3, -0.25) is 14.5 Å². The van der Waals surface area contributed by atoms with Crippen LogP contribution in [0.1, 0.15) is 57.4 Å². The first-order valence-electron chi connectivity index (χ1n) is 9.94. The number of hydrogen-bond acceptors (Lipinski definition) is 4. The largest absolute Gasteiger partial charge is 0.308 e. The molecule has 148 valence electrons. The smallest absolute Gasteiger partial charge is 0.267 e. The minimum Gasteiger partial charge on any atom is -0.308 e. The van der Waals surface area contributed by atoms with Crippen molar-refractivity contribution in [3.05, 3.63) is 33.1 Å². The molecule has 0 bridgehead atoms. The van der Waals surface area contributed by atoms with Crippen molar-refractivity contribution in [2.24, 2.45) is 0 Å². The highest BCUT2D eigenvalue weighted by Gasteiger charge is 2.44. The van der Waals surface area contributed by atoms with Crippen molar-refractivity contribution in [3.63, 3.8) is 0 Å². The van der Waals surface area contributed by atoms with Gasteiger partial charge in [0.2, 0.25) is 0 Å². The van der Waals surface area contributed by atoms with Gasteiger partial charge in [0.25, 0.3) is 11.8 Å². The first-order valence-corrected chi connectivity index (χ1v) is 12.0. The van der Waals surface area contributed by atoms with Crippen molar-refractivity contribution in [2.75, 3.05) is 11.4 Å². The fraction of sp³-hybridized carbons (Fsp3) is 0.476. The van der Waals surface area contributed by atoms with Crippen molar-refractivity contribution < 1.29 is 9.59 Å². The molecule has 1 saturated heterocycles. The molecule has 1 aromatic rings. The fourth-order valence-electron chi connectivity index (χ4n) is 4.25. The van der Waals surface area contributed by atoms with E-state index in [1.807, 2.05) is 23.1 Å². The van der Waals surface area contributed by atoms with Crippen molar-refractivity contribution in [1.29, 1.82) is 0 Å². The van der Waals surface area contributed by atoms with Gasteiger partial charge in [0.05, 0.1) is 16.2 Å². The summed E-state index contributed by atoms with van der Waals surface area (Å²) in [6.07, 6.45) is 7.41. The van der Waals surface area contributed by atoms with Crippen LogP contribution in [-0.4, -0.2) is 33.6 Å². The van der Waals surface area contributed by atoms with E-state index < -0.39 is 0 Å². The van der Waals surface area contributed by atoms with E-state index >= 15 is 0 Å². The van der Waals surface area contributed by atoms with Gasteiger partial charge in [0.15, 0.2) is 0 Å². The van der Waals surface area contributed by atoms with E-state index in [1.165, 1.54) is 18.2 Å². The molecule has 2 aliphatic heterocycles. The molecular weight excluding hydrogens is 456 g/mol. The molecule has 0 spiro atoms. The summed E-state index contributed by atoms with van der Waals surface area (Å²) >= 11 is 10.4. The Balaban J connectivity index is 1.76. The molecule has 1 aromatic carbocycles. The maximum Gasteiger partial charge on any atom is 0.267 e. The van der Waals surface area contributed by atoms with E-state index in [-0.39, 0.29) is 17.9 Å². The minimum absolute atomic E-state index is 0.0781. The van der Waals surface area contributed by atoms with Gasteiger partial charge >= 0.3 is 0 Å². The number of nitrogens with zero attached hydrogens (tertiary/aromatic N) is 2. The average molecular weight is 479 g/mol. The molecule has 4 nitrogen and oxygen atoms in total. The molecule has 1 saturated carbocycles. The highest BCUT2D eigenvalue weighted by molar-refractivity contribution is 9.10. The van der Waals surface area contributed by atoms with Gasteiger partial charge in [-0.2, -0.15) is 0 Å². The summed E-state index contributed by atoms with van der Waals surface area (Å²) < 4.78 is 1.49. The second-order valence-corrected chi connectivity index (χ2v) is 10.1. The summed E-state index contributed by atoms with van der Waals surface area (Å²) in [5.74, 6) is -0.167. The van der Waals surface area contributed by atoms with Crippen LogP contribution in [0.5, 0.6) is 0 Å². The number of carbonyl (C=O) groups is 2. The van der Waals surface area contributed by atoms with Crippen LogP contribution in [-0.2, 0) is 9.59 Å². The normalized spacial score (nSPS) is 23.1. The number of hydrogen-bond donors (Lipinski definition) is 0. The first kappa shape index (κ1) is 20.1. The lowest BCUT2D eigenvalue weighted by atomic mass is 9.94. The number of rotatable bonds is 4. The van der Waals surface area contributed by atoms with Crippen molar-refractivity contribution in [1.82, 2.24) is 4.90 Å². The third-order valence-electron chi connectivity index (χ3n) is 5.68. The van der Waals surface area contributed by atoms with Gasteiger partial charge in [-0.15, -0.1) is 0 Å². The molecule has 4 rings (SSSR count). The third kappa shape index (κ3) is 3.46. The second-order valence-electron chi connectivity index (χ2n) is 7.51. The van der Waals surface area contributed by atoms with Gasteiger partial charge in [0.1, 0.15) is 4.32 Å². The SMILES string of the molecule is CCCCN1C(=O)C(=C2SC(=S)N(C3CCCCC3)C2=O)c2cc(Br)ccc21. The first-order chi connectivity index (χ1) is 13.5. The Bertz CT molecular complexity index is 877. The fourth-order valence-corrected chi connectivity index (χ4v) is 6.08. The summed E-state index contributed by atoms with van der Waals surface area (Å²) in [7, 11) is 0. The van der Waals surface area contributed by atoms with Crippen LogP contribution in [0.15, 0.2) is 27.6 Å². The molecular formula is C21H23BrN2O2S2. The minimum atomic E-state index is -0.0893. The van der Waals surface area contributed by atoms with Crippen LogP contribution < -0.4 is 4.90 Å². The quantitative estimate of drug-likeness (QED) is 0.423. The molecule has 0 unspecified atom stereocenters. The Hall–Kier alpha value is -1.18. The highest BCUT2D eigenvalue weighted by atomic mass is 79.9. The standard InChI is InChI=1S/C21H23BrN2O2S2/c1-2-3-11-23-16-10-9-13(22)12-15(16)17(19(23)25)18-20(26)24(21(27)28-18)14-7-5-4-6-8-14/h9-10,12,14H,2-8,11H2,1H3. The van der Waals surface area contributed by atoms with Crippen LogP contribution >= 0.6 is 39.9 Å². The maximum absolute atomic E-state index is 13.3.